The van der Waals surface area contributed by atoms with Crippen LogP contribution < -0.4 is 4.90 Å². The summed E-state index contributed by atoms with van der Waals surface area (Å²) in [5.41, 5.74) is 0.582. The van der Waals surface area contributed by atoms with E-state index in [1.165, 1.54) is 45.0 Å². The highest BCUT2D eigenvalue weighted by Crippen LogP contribution is 2.25. The molecular formula is C16H23N5. The van der Waals surface area contributed by atoms with Gasteiger partial charge in [-0.2, -0.15) is 5.26 Å². The molecule has 5 nitrogen and oxygen atoms in total. The zero-order valence-electron chi connectivity index (χ0n) is 12.5. The molecule has 21 heavy (non-hydrogen) atoms. The molecule has 3 rings (SSSR count). The number of aromatic nitrogens is 2. The van der Waals surface area contributed by atoms with Crippen LogP contribution in [0.25, 0.3) is 0 Å². The first-order chi connectivity index (χ1) is 10.4. The Bertz CT molecular complexity index is 496. The van der Waals surface area contributed by atoms with E-state index in [0.29, 0.717) is 5.56 Å². The van der Waals surface area contributed by atoms with Gasteiger partial charge in [0.1, 0.15) is 23.8 Å². The molecule has 1 aliphatic heterocycles. The highest BCUT2D eigenvalue weighted by Gasteiger charge is 2.23. The predicted molar refractivity (Wildman–Crippen MR) is 82.0 cm³/mol. The molecular weight excluding hydrogens is 262 g/mol. The SMILES string of the molecule is N#Cc1cncnc1N1CCN(CC2CCCCC2)CC1. The van der Waals surface area contributed by atoms with E-state index in [2.05, 4.69) is 25.8 Å². The van der Waals surface area contributed by atoms with Crippen LogP contribution in [0.4, 0.5) is 5.82 Å². The molecule has 1 saturated carbocycles. The fourth-order valence-corrected chi connectivity index (χ4v) is 3.53. The van der Waals surface area contributed by atoms with Crippen LogP contribution in [0.15, 0.2) is 12.5 Å². The number of nitriles is 1. The summed E-state index contributed by atoms with van der Waals surface area (Å²) in [4.78, 5) is 13.0. The maximum absolute atomic E-state index is 9.15. The molecule has 1 saturated heterocycles. The van der Waals surface area contributed by atoms with E-state index in [1.807, 2.05) is 0 Å². The molecule has 0 spiro atoms. The minimum Gasteiger partial charge on any atom is -0.353 e. The van der Waals surface area contributed by atoms with Crippen molar-refractivity contribution in [1.82, 2.24) is 14.9 Å². The number of anilines is 1. The second-order valence-electron chi connectivity index (χ2n) is 6.16. The lowest BCUT2D eigenvalue weighted by atomic mass is 9.89. The Labute approximate surface area is 126 Å². The van der Waals surface area contributed by atoms with Crippen molar-refractivity contribution in [3.05, 3.63) is 18.1 Å². The topological polar surface area (TPSA) is 56.1 Å². The first-order valence-corrected chi connectivity index (χ1v) is 8.04. The zero-order chi connectivity index (χ0) is 14.5. The van der Waals surface area contributed by atoms with Crippen LogP contribution in [0.5, 0.6) is 0 Å². The van der Waals surface area contributed by atoms with Gasteiger partial charge in [0.25, 0.3) is 0 Å². The Morgan fingerprint density at radius 2 is 1.90 bits per heavy atom. The third-order valence-electron chi connectivity index (χ3n) is 4.72. The van der Waals surface area contributed by atoms with Crippen molar-refractivity contribution < 1.29 is 0 Å². The molecule has 0 unspecified atom stereocenters. The fraction of sp³-hybridized carbons (Fsp3) is 0.688. The van der Waals surface area contributed by atoms with Crippen molar-refractivity contribution in [2.24, 2.45) is 5.92 Å². The fourth-order valence-electron chi connectivity index (χ4n) is 3.53. The molecule has 0 radical (unpaired) electrons. The summed E-state index contributed by atoms with van der Waals surface area (Å²) in [6.07, 6.45) is 10.2. The van der Waals surface area contributed by atoms with Crippen LogP contribution in [0, 0.1) is 17.2 Å². The van der Waals surface area contributed by atoms with Gasteiger partial charge in [0, 0.05) is 32.7 Å². The number of hydrogen-bond acceptors (Lipinski definition) is 5. The maximum atomic E-state index is 9.15. The lowest BCUT2D eigenvalue weighted by Gasteiger charge is -2.37. The van der Waals surface area contributed by atoms with Gasteiger partial charge in [0.05, 0.1) is 6.20 Å². The molecule has 0 atom stereocenters. The number of nitrogens with zero attached hydrogens (tertiary/aromatic N) is 5. The Morgan fingerprint density at radius 3 is 2.62 bits per heavy atom. The quantitative estimate of drug-likeness (QED) is 0.850. The van der Waals surface area contributed by atoms with Gasteiger partial charge in [-0.05, 0) is 18.8 Å². The summed E-state index contributed by atoms with van der Waals surface area (Å²) in [6.45, 7) is 5.32. The molecule has 112 valence electrons. The Kier molecular flexibility index (Phi) is 4.66. The number of piperazine rings is 1. The van der Waals surface area contributed by atoms with Crippen molar-refractivity contribution in [2.75, 3.05) is 37.6 Å². The van der Waals surface area contributed by atoms with Gasteiger partial charge in [-0.15, -0.1) is 0 Å². The predicted octanol–water partition coefficient (Wildman–Crippen LogP) is 2.05. The highest BCUT2D eigenvalue weighted by molar-refractivity contribution is 5.52. The smallest absolute Gasteiger partial charge is 0.150 e. The van der Waals surface area contributed by atoms with Crippen molar-refractivity contribution in [1.29, 1.82) is 5.26 Å². The molecule has 0 bridgehead atoms. The van der Waals surface area contributed by atoms with Crippen LogP contribution in [0.2, 0.25) is 0 Å². The minimum absolute atomic E-state index is 0.582. The molecule has 0 amide bonds. The minimum atomic E-state index is 0.582. The standard InChI is InChI=1S/C16H23N5/c17-10-15-11-18-13-19-16(15)21-8-6-20(7-9-21)12-14-4-2-1-3-5-14/h11,13-14H,1-9,12H2. The Hall–Kier alpha value is -1.67. The monoisotopic (exact) mass is 285 g/mol. The average molecular weight is 285 g/mol. The van der Waals surface area contributed by atoms with Crippen LogP contribution >= 0.6 is 0 Å². The van der Waals surface area contributed by atoms with E-state index in [9.17, 15) is 0 Å². The summed E-state index contributed by atoms with van der Waals surface area (Å²) in [5, 5.41) is 9.15. The summed E-state index contributed by atoms with van der Waals surface area (Å²) in [6, 6.07) is 2.19. The molecule has 2 aliphatic rings. The Morgan fingerprint density at radius 1 is 1.14 bits per heavy atom. The summed E-state index contributed by atoms with van der Waals surface area (Å²) in [7, 11) is 0. The van der Waals surface area contributed by atoms with Crippen molar-refractivity contribution in [2.45, 2.75) is 32.1 Å². The van der Waals surface area contributed by atoms with E-state index >= 15 is 0 Å². The summed E-state index contributed by atoms with van der Waals surface area (Å²) >= 11 is 0. The second kappa shape index (κ2) is 6.86. The van der Waals surface area contributed by atoms with Gasteiger partial charge >= 0.3 is 0 Å². The third kappa shape index (κ3) is 3.51. The summed E-state index contributed by atoms with van der Waals surface area (Å²) < 4.78 is 0. The molecule has 5 heteroatoms. The Balaban J connectivity index is 1.54. The first kappa shape index (κ1) is 14.3. The van der Waals surface area contributed by atoms with E-state index in [1.54, 1.807) is 6.20 Å². The first-order valence-electron chi connectivity index (χ1n) is 8.04. The van der Waals surface area contributed by atoms with Crippen LogP contribution in [-0.4, -0.2) is 47.6 Å². The van der Waals surface area contributed by atoms with Gasteiger partial charge in [-0.1, -0.05) is 19.3 Å². The van der Waals surface area contributed by atoms with Gasteiger partial charge in [0.15, 0.2) is 0 Å². The molecule has 0 N–H and O–H groups in total. The van der Waals surface area contributed by atoms with E-state index < -0.39 is 0 Å². The maximum Gasteiger partial charge on any atom is 0.150 e. The molecule has 2 fully saturated rings. The van der Waals surface area contributed by atoms with Gasteiger partial charge < -0.3 is 4.90 Å². The largest absolute Gasteiger partial charge is 0.353 e. The zero-order valence-corrected chi connectivity index (χ0v) is 12.5. The van der Waals surface area contributed by atoms with Crippen molar-refractivity contribution in [3.8, 4) is 6.07 Å². The average Bonchev–Trinajstić information content (AvgIpc) is 2.56. The van der Waals surface area contributed by atoms with E-state index in [4.69, 9.17) is 5.26 Å². The van der Waals surface area contributed by atoms with Crippen molar-refractivity contribution in [3.63, 3.8) is 0 Å². The van der Waals surface area contributed by atoms with E-state index in [0.717, 1.165) is 37.9 Å². The second-order valence-corrected chi connectivity index (χ2v) is 6.16. The van der Waals surface area contributed by atoms with Gasteiger partial charge in [-0.25, -0.2) is 9.97 Å². The van der Waals surface area contributed by atoms with Crippen LogP contribution in [0.3, 0.4) is 0 Å². The molecule has 2 heterocycles. The highest BCUT2D eigenvalue weighted by atomic mass is 15.3. The number of hydrogen-bond donors (Lipinski definition) is 0. The third-order valence-corrected chi connectivity index (χ3v) is 4.72. The lowest BCUT2D eigenvalue weighted by molar-refractivity contribution is 0.191. The molecule has 1 aliphatic carbocycles. The van der Waals surface area contributed by atoms with Crippen LogP contribution in [0.1, 0.15) is 37.7 Å². The molecule has 0 aromatic carbocycles. The van der Waals surface area contributed by atoms with Gasteiger partial charge in [0.2, 0.25) is 0 Å². The summed E-state index contributed by atoms with van der Waals surface area (Å²) in [5.74, 6) is 1.70. The van der Waals surface area contributed by atoms with Gasteiger partial charge in [-0.3, -0.25) is 4.90 Å². The number of rotatable bonds is 3. The van der Waals surface area contributed by atoms with Crippen LogP contribution in [-0.2, 0) is 0 Å². The normalized spacial score (nSPS) is 21.2. The van der Waals surface area contributed by atoms with Crippen molar-refractivity contribution >= 4 is 5.82 Å². The molecule has 1 aromatic rings. The van der Waals surface area contributed by atoms with E-state index in [-0.39, 0.29) is 0 Å². The molecule has 1 aromatic heterocycles. The lowest BCUT2D eigenvalue weighted by Crippen LogP contribution is -2.48.